The molecule has 0 aliphatic rings. The van der Waals surface area contributed by atoms with Crippen LogP contribution in [0, 0.1) is 19.3 Å². The van der Waals surface area contributed by atoms with Crippen LogP contribution >= 0.6 is 22.7 Å². The molecule has 0 unspecified atom stereocenters. The molecular formula is C29H26N2OS2. The van der Waals surface area contributed by atoms with Crippen LogP contribution < -0.4 is 0 Å². The standard InChI is InChI=1S/C29H26N2OS2/c1-16-6-8-21-25-26(32-28(21)31-16)22(13-19-12-17(2)33-27(19)25)23-14-18(10-11-30-23)24-9-7-20(34-24)15-29(3,4)5/h6-14H,15H2,1-5H3. The van der Waals surface area contributed by atoms with Gasteiger partial charge in [0, 0.05) is 47.6 Å². The second kappa shape index (κ2) is 7.76. The van der Waals surface area contributed by atoms with E-state index in [1.807, 2.05) is 35.8 Å². The fraction of sp³-hybridized carbons (Fsp3) is 0.241. The Morgan fingerprint density at radius 1 is 0.941 bits per heavy atom. The number of aryl methyl sites for hydroxylation is 2. The van der Waals surface area contributed by atoms with Gasteiger partial charge in [-0.2, -0.15) is 0 Å². The first kappa shape index (κ1) is 21.5. The van der Waals surface area contributed by atoms with Crippen molar-refractivity contribution in [2.45, 2.75) is 41.0 Å². The number of hydrogen-bond donors (Lipinski definition) is 0. The molecule has 0 spiro atoms. The van der Waals surface area contributed by atoms with E-state index in [4.69, 9.17) is 9.40 Å². The van der Waals surface area contributed by atoms with Gasteiger partial charge in [-0.1, -0.05) is 20.8 Å². The van der Waals surface area contributed by atoms with Crippen molar-refractivity contribution in [1.29, 1.82) is 0 Å². The molecule has 6 aromatic rings. The molecule has 0 amide bonds. The van der Waals surface area contributed by atoms with Gasteiger partial charge >= 0.3 is 0 Å². The maximum absolute atomic E-state index is 6.40. The highest BCUT2D eigenvalue weighted by molar-refractivity contribution is 7.20. The Hall–Kier alpha value is -3.02. The first-order valence-electron chi connectivity index (χ1n) is 11.5. The molecule has 3 nitrogen and oxygen atoms in total. The minimum Gasteiger partial charge on any atom is -0.437 e. The van der Waals surface area contributed by atoms with Gasteiger partial charge in [-0.05, 0) is 85.2 Å². The van der Waals surface area contributed by atoms with E-state index < -0.39 is 0 Å². The topological polar surface area (TPSA) is 38.9 Å². The molecule has 0 bridgehead atoms. The van der Waals surface area contributed by atoms with Gasteiger partial charge < -0.3 is 4.42 Å². The predicted molar refractivity (Wildman–Crippen MR) is 146 cm³/mol. The number of hydrogen-bond acceptors (Lipinski definition) is 5. The number of pyridine rings is 2. The van der Waals surface area contributed by atoms with Crippen molar-refractivity contribution in [3.8, 4) is 21.7 Å². The lowest BCUT2D eigenvalue weighted by atomic mass is 9.92. The van der Waals surface area contributed by atoms with Gasteiger partial charge in [0.05, 0.1) is 5.69 Å². The first-order valence-corrected chi connectivity index (χ1v) is 13.2. The number of nitrogens with zero attached hydrogens (tertiary/aromatic N) is 2. The van der Waals surface area contributed by atoms with E-state index >= 15 is 0 Å². The molecule has 0 fully saturated rings. The molecule has 0 saturated carbocycles. The number of aromatic nitrogens is 2. The molecule has 1 aromatic carbocycles. The second-order valence-corrected chi connectivity index (χ2v) is 12.7. The summed E-state index contributed by atoms with van der Waals surface area (Å²) in [7, 11) is 0. The zero-order chi connectivity index (χ0) is 23.6. The van der Waals surface area contributed by atoms with Gasteiger partial charge in [0.1, 0.15) is 5.58 Å². The van der Waals surface area contributed by atoms with Gasteiger partial charge in [0.15, 0.2) is 0 Å². The summed E-state index contributed by atoms with van der Waals surface area (Å²) < 4.78 is 7.65. The smallest absolute Gasteiger partial charge is 0.227 e. The van der Waals surface area contributed by atoms with Crippen LogP contribution in [0.1, 0.15) is 36.2 Å². The first-order chi connectivity index (χ1) is 16.2. The van der Waals surface area contributed by atoms with Crippen LogP contribution in [0.4, 0.5) is 0 Å². The summed E-state index contributed by atoms with van der Waals surface area (Å²) in [6, 6.07) is 17.5. The molecule has 0 radical (unpaired) electrons. The number of rotatable bonds is 3. The van der Waals surface area contributed by atoms with Crippen LogP contribution in [0.25, 0.3) is 53.9 Å². The summed E-state index contributed by atoms with van der Waals surface area (Å²) in [4.78, 5) is 13.4. The molecule has 6 rings (SSSR count). The number of benzene rings is 1. The molecule has 0 aliphatic heterocycles. The highest BCUT2D eigenvalue weighted by atomic mass is 32.1. The molecule has 0 aliphatic carbocycles. The van der Waals surface area contributed by atoms with Gasteiger partial charge in [0.25, 0.3) is 0 Å². The number of furan rings is 1. The molecule has 5 heterocycles. The lowest BCUT2D eigenvalue weighted by Crippen LogP contribution is -2.07. The molecule has 5 aromatic heterocycles. The van der Waals surface area contributed by atoms with E-state index in [-0.39, 0.29) is 5.41 Å². The minimum absolute atomic E-state index is 0.277. The van der Waals surface area contributed by atoms with Gasteiger partial charge in [0.2, 0.25) is 5.71 Å². The Balaban J connectivity index is 1.55. The van der Waals surface area contributed by atoms with E-state index in [1.54, 1.807) is 0 Å². The summed E-state index contributed by atoms with van der Waals surface area (Å²) in [5.41, 5.74) is 5.92. The van der Waals surface area contributed by atoms with E-state index in [9.17, 15) is 0 Å². The average Bonchev–Trinajstić information content (AvgIpc) is 3.47. The molecule has 5 heteroatoms. The SMILES string of the molecule is Cc1ccc2c(n1)oc1c(-c3cc(-c4ccc(CC(C)(C)C)s4)ccn3)cc3cc(C)sc3c12. The predicted octanol–water partition coefficient (Wildman–Crippen LogP) is 9.19. The Kier molecular flexibility index (Phi) is 4.91. The minimum atomic E-state index is 0.277. The summed E-state index contributed by atoms with van der Waals surface area (Å²) in [5, 5.41) is 3.43. The summed E-state index contributed by atoms with van der Waals surface area (Å²) >= 11 is 3.68. The molecule has 0 saturated heterocycles. The zero-order valence-corrected chi connectivity index (χ0v) is 21.7. The monoisotopic (exact) mass is 482 g/mol. The van der Waals surface area contributed by atoms with E-state index in [0.717, 1.165) is 39.7 Å². The summed E-state index contributed by atoms with van der Waals surface area (Å²) in [5.74, 6) is 0. The Morgan fingerprint density at radius 3 is 2.62 bits per heavy atom. The van der Waals surface area contributed by atoms with Crippen LogP contribution in [0.5, 0.6) is 0 Å². The third-order valence-corrected chi connectivity index (χ3v) is 8.25. The van der Waals surface area contributed by atoms with Crippen molar-refractivity contribution < 1.29 is 4.42 Å². The van der Waals surface area contributed by atoms with Crippen LogP contribution in [0.15, 0.2) is 59.1 Å². The Labute approximate surface area is 207 Å². The number of fused-ring (bicyclic) bond motifs is 5. The lowest BCUT2D eigenvalue weighted by molar-refractivity contribution is 0.414. The molecule has 170 valence electrons. The molecule has 0 N–H and O–H groups in total. The average molecular weight is 483 g/mol. The highest BCUT2D eigenvalue weighted by Gasteiger charge is 2.20. The van der Waals surface area contributed by atoms with E-state index in [1.165, 1.54) is 30.3 Å². The van der Waals surface area contributed by atoms with Crippen molar-refractivity contribution in [3.05, 3.63) is 70.2 Å². The Bertz CT molecular complexity index is 1690. The molecular weight excluding hydrogens is 456 g/mol. The zero-order valence-electron chi connectivity index (χ0n) is 20.0. The Morgan fingerprint density at radius 2 is 1.79 bits per heavy atom. The van der Waals surface area contributed by atoms with E-state index in [0.29, 0.717) is 5.71 Å². The maximum Gasteiger partial charge on any atom is 0.227 e. The van der Waals surface area contributed by atoms with Crippen LogP contribution in [0.2, 0.25) is 0 Å². The fourth-order valence-electron chi connectivity index (χ4n) is 4.62. The van der Waals surface area contributed by atoms with Crippen molar-refractivity contribution in [3.63, 3.8) is 0 Å². The van der Waals surface area contributed by atoms with Gasteiger partial charge in [-0.3, -0.25) is 4.98 Å². The van der Waals surface area contributed by atoms with Crippen LogP contribution in [0.3, 0.4) is 0 Å². The van der Waals surface area contributed by atoms with E-state index in [2.05, 4.69) is 81.2 Å². The highest BCUT2D eigenvalue weighted by Crippen LogP contribution is 2.43. The number of thiophene rings is 2. The summed E-state index contributed by atoms with van der Waals surface area (Å²) in [6.45, 7) is 11.0. The van der Waals surface area contributed by atoms with Gasteiger partial charge in [-0.25, -0.2) is 4.98 Å². The maximum atomic E-state index is 6.40. The van der Waals surface area contributed by atoms with Crippen molar-refractivity contribution in [1.82, 2.24) is 9.97 Å². The largest absolute Gasteiger partial charge is 0.437 e. The second-order valence-electron chi connectivity index (χ2n) is 10.2. The fourth-order valence-corrected chi connectivity index (χ4v) is 6.97. The third-order valence-electron chi connectivity index (χ3n) is 6.04. The third kappa shape index (κ3) is 3.73. The van der Waals surface area contributed by atoms with Crippen molar-refractivity contribution >= 4 is 54.8 Å². The van der Waals surface area contributed by atoms with Crippen molar-refractivity contribution in [2.75, 3.05) is 0 Å². The van der Waals surface area contributed by atoms with Gasteiger partial charge in [-0.15, -0.1) is 22.7 Å². The molecule has 34 heavy (non-hydrogen) atoms. The lowest BCUT2D eigenvalue weighted by Gasteiger charge is -2.16. The van der Waals surface area contributed by atoms with Crippen LogP contribution in [-0.2, 0) is 6.42 Å². The van der Waals surface area contributed by atoms with Crippen molar-refractivity contribution in [2.24, 2.45) is 5.41 Å². The summed E-state index contributed by atoms with van der Waals surface area (Å²) in [6.07, 6.45) is 2.99. The molecule has 0 atom stereocenters. The normalized spacial score (nSPS) is 12.4. The quantitative estimate of drug-likeness (QED) is 0.252. The van der Waals surface area contributed by atoms with Crippen LogP contribution in [-0.4, -0.2) is 9.97 Å².